The highest BCUT2D eigenvalue weighted by Gasteiger charge is 2.19. The lowest BCUT2D eigenvalue weighted by molar-refractivity contribution is -0.142. The van der Waals surface area contributed by atoms with E-state index in [0.717, 1.165) is 0 Å². The maximum atomic E-state index is 11.2. The van der Waals surface area contributed by atoms with Crippen molar-refractivity contribution in [1.29, 1.82) is 0 Å². The molecule has 0 amide bonds. The Bertz CT molecular complexity index is 312. The number of rotatable bonds is 3. The average molecular weight is 216 g/mol. The van der Waals surface area contributed by atoms with Gasteiger partial charge in [-0.25, -0.2) is 9.63 Å². The third-order valence-electron chi connectivity index (χ3n) is 1.77. The van der Waals surface area contributed by atoms with Crippen molar-refractivity contribution in [1.82, 2.24) is 4.84 Å². The van der Waals surface area contributed by atoms with Gasteiger partial charge in [-0.1, -0.05) is 12.1 Å². The van der Waals surface area contributed by atoms with Gasteiger partial charge in [0.2, 0.25) is 0 Å². The van der Waals surface area contributed by atoms with Gasteiger partial charge in [0.05, 0.1) is 7.11 Å². The third-order valence-corrected chi connectivity index (χ3v) is 1.99. The number of hydrogen-bond acceptors (Lipinski definition) is 4. The molecule has 1 rings (SSSR count). The molecule has 0 heterocycles. The van der Waals surface area contributed by atoms with E-state index in [4.69, 9.17) is 16.9 Å². The van der Waals surface area contributed by atoms with Crippen molar-refractivity contribution in [3.8, 4) is 5.75 Å². The molecular formula is C9H10ClNO3. The van der Waals surface area contributed by atoms with Gasteiger partial charge in [0, 0.05) is 0 Å². The van der Waals surface area contributed by atoms with Crippen molar-refractivity contribution >= 4 is 17.7 Å². The van der Waals surface area contributed by atoms with E-state index in [1.165, 1.54) is 19.2 Å². The molecule has 0 aliphatic heterocycles. The second-order valence-corrected chi connectivity index (χ2v) is 2.88. The zero-order valence-electron chi connectivity index (χ0n) is 7.53. The number of ether oxygens (including phenoxy) is 1. The van der Waals surface area contributed by atoms with E-state index in [1.807, 2.05) is 0 Å². The lowest BCUT2D eigenvalue weighted by atomic mass is 10.1. The second kappa shape index (κ2) is 4.83. The van der Waals surface area contributed by atoms with Gasteiger partial charge in [-0.2, -0.15) is 0 Å². The van der Waals surface area contributed by atoms with Crippen LogP contribution in [0.4, 0.5) is 0 Å². The minimum atomic E-state index is -0.720. The van der Waals surface area contributed by atoms with Gasteiger partial charge in [0.1, 0.15) is 11.8 Å². The van der Waals surface area contributed by atoms with Crippen molar-refractivity contribution in [2.45, 2.75) is 6.04 Å². The maximum Gasteiger partial charge on any atom is 0.328 e. The van der Waals surface area contributed by atoms with E-state index >= 15 is 0 Å². The summed E-state index contributed by atoms with van der Waals surface area (Å²) in [5.41, 5.74) is 0.629. The predicted octanol–water partition coefficient (Wildman–Crippen LogP) is 1.35. The third kappa shape index (κ3) is 2.37. The normalized spacial score (nSPS) is 12.1. The summed E-state index contributed by atoms with van der Waals surface area (Å²) in [7, 11) is 1.28. The summed E-state index contributed by atoms with van der Waals surface area (Å²) >= 11 is 5.40. The Morgan fingerprint density at radius 3 is 2.50 bits per heavy atom. The minimum Gasteiger partial charge on any atom is -0.508 e. The van der Waals surface area contributed by atoms with Gasteiger partial charge in [-0.3, -0.25) is 0 Å². The molecule has 0 aromatic heterocycles. The number of benzene rings is 1. The highest BCUT2D eigenvalue weighted by Crippen LogP contribution is 2.18. The maximum absolute atomic E-state index is 11.2. The van der Waals surface area contributed by atoms with Gasteiger partial charge >= 0.3 is 5.97 Å². The molecule has 0 aliphatic rings. The zero-order valence-corrected chi connectivity index (χ0v) is 8.28. The molecule has 0 saturated carbocycles. The number of hydrogen-bond donors (Lipinski definition) is 2. The van der Waals surface area contributed by atoms with Crippen LogP contribution in [0.15, 0.2) is 24.3 Å². The monoisotopic (exact) mass is 215 g/mol. The standard InChI is InChI=1S/C9H10ClNO3/c1-14-9(13)8(11-10)6-2-4-7(12)5-3-6/h2-5,8,11-12H,1H3/t8-/m1/s1. The van der Waals surface area contributed by atoms with Gasteiger partial charge in [0.15, 0.2) is 0 Å². The molecule has 5 heteroatoms. The molecule has 0 unspecified atom stereocenters. The summed E-state index contributed by atoms with van der Waals surface area (Å²) in [6.45, 7) is 0. The molecule has 1 atom stereocenters. The van der Waals surface area contributed by atoms with Crippen molar-refractivity contribution in [3.63, 3.8) is 0 Å². The molecule has 0 saturated heterocycles. The Hall–Kier alpha value is -1.26. The Morgan fingerprint density at radius 1 is 1.50 bits per heavy atom. The molecule has 14 heavy (non-hydrogen) atoms. The SMILES string of the molecule is COC(=O)[C@H](NCl)c1ccc(O)cc1. The number of methoxy groups -OCH3 is 1. The molecule has 4 nitrogen and oxygen atoms in total. The number of halogens is 1. The Kier molecular flexibility index (Phi) is 3.73. The number of phenolic OH excluding ortho intramolecular Hbond substituents is 1. The van der Waals surface area contributed by atoms with Crippen LogP contribution in [-0.2, 0) is 9.53 Å². The fourth-order valence-corrected chi connectivity index (χ4v) is 1.24. The molecule has 0 fully saturated rings. The van der Waals surface area contributed by atoms with Crippen LogP contribution in [0.3, 0.4) is 0 Å². The summed E-state index contributed by atoms with van der Waals surface area (Å²) in [4.78, 5) is 13.5. The van der Waals surface area contributed by atoms with Crippen LogP contribution >= 0.6 is 11.8 Å². The Labute approximate surface area is 86.6 Å². The van der Waals surface area contributed by atoms with E-state index in [1.54, 1.807) is 12.1 Å². The smallest absolute Gasteiger partial charge is 0.328 e. The minimum absolute atomic E-state index is 0.131. The van der Waals surface area contributed by atoms with Gasteiger partial charge in [0.25, 0.3) is 0 Å². The van der Waals surface area contributed by atoms with E-state index in [-0.39, 0.29) is 5.75 Å². The highest BCUT2D eigenvalue weighted by atomic mass is 35.5. The van der Waals surface area contributed by atoms with Crippen LogP contribution in [0.25, 0.3) is 0 Å². The molecule has 0 radical (unpaired) electrons. The first-order valence-corrected chi connectivity index (χ1v) is 4.29. The molecule has 0 aliphatic carbocycles. The van der Waals surface area contributed by atoms with Crippen LogP contribution in [-0.4, -0.2) is 18.2 Å². The van der Waals surface area contributed by atoms with Crippen LogP contribution in [0.1, 0.15) is 11.6 Å². The van der Waals surface area contributed by atoms with E-state index in [9.17, 15) is 4.79 Å². The summed E-state index contributed by atoms with van der Waals surface area (Å²) in [6, 6.07) is 5.40. The molecule has 0 bridgehead atoms. The topological polar surface area (TPSA) is 58.6 Å². The van der Waals surface area contributed by atoms with Gasteiger partial charge in [-0.05, 0) is 29.5 Å². The van der Waals surface area contributed by atoms with Crippen LogP contribution in [0.2, 0.25) is 0 Å². The molecule has 2 N–H and O–H groups in total. The molecule has 1 aromatic rings. The van der Waals surface area contributed by atoms with E-state index < -0.39 is 12.0 Å². The number of aromatic hydroxyl groups is 1. The van der Waals surface area contributed by atoms with Crippen LogP contribution in [0.5, 0.6) is 5.75 Å². The van der Waals surface area contributed by atoms with Crippen LogP contribution < -0.4 is 4.84 Å². The van der Waals surface area contributed by atoms with Crippen molar-refractivity contribution in [2.75, 3.05) is 7.11 Å². The average Bonchev–Trinajstić information content (AvgIpc) is 2.21. The van der Waals surface area contributed by atoms with Gasteiger partial charge < -0.3 is 9.84 Å². The van der Waals surface area contributed by atoms with Crippen molar-refractivity contribution in [2.24, 2.45) is 0 Å². The first-order valence-electron chi connectivity index (χ1n) is 3.92. The summed E-state index contributed by atoms with van der Waals surface area (Å²) in [5, 5.41) is 9.04. The van der Waals surface area contributed by atoms with E-state index in [0.29, 0.717) is 5.56 Å². The van der Waals surface area contributed by atoms with Gasteiger partial charge in [-0.15, -0.1) is 0 Å². The van der Waals surface area contributed by atoms with E-state index in [2.05, 4.69) is 9.57 Å². The lowest BCUT2D eigenvalue weighted by Crippen LogP contribution is -2.22. The fraction of sp³-hybridized carbons (Fsp3) is 0.222. The molecule has 1 aromatic carbocycles. The zero-order chi connectivity index (χ0) is 10.6. The number of carbonyl (C=O) groups is 1. The highest BCUT2D eigenvalue weighted by molar-refractivity contribution is 6.14. The first kappa shape index (κ1) is 10.8. The quantitative estimate of drug-likeness (QED) is 0.590. The van der Waals surface area contributed by atoms with Crippen LogP contribution in [0, 0.1) is 0 Å². The summed E-state index contributed by atoms with van der Waals surface area (Å²) in [5.74, 6) is -0.349. The number of esters is 1. The molecule has 76 valence electrons. The lowest BCUT2D eigenvalue weighted by Gasteiger charge is -2.12. The van der Waals surface area contributed by atoms with Crippen molar-refractivity contribution < 1.29 is 14.6 Å². The number of nitrogens with one attached hydrogen (secondary N) is 1. The fourth-order valence-electron chi connectivity index (χ4n) is 1.03. The second-order valence-electron chi connectivity index (χ2n) is 2.66. The number of carbonyl (C=O) groups excluding carboxylic acids is 1. The number of phenols is 1. The summed E-state index contributed by atoms with van der Waals surface area (Å²) in [6.07, 6.45) is 0. The van der Waals surface area contributed by atoms with Crippen molar-refractivity contribution in [3.05, 3.63) is 29.8 Å². The molecular weight excluding hydrogens is 206 g/mol. The largest absolute Gasteiger partial charge is 0.508 e. The summed E-state index contributed by atoms with van der Waals surface area (Å²) < 4.78 is 4.54. The molecule has 0 spiro atoms. The predicted molar refractivity (Wildman–Crippen MR) is 51.9 cm³/mol. The Balaban J connectivity index is 2.89. The first-order chi connectivity index (χ1) is 6.69. The Morgan fingerprint density at radius 2 is 2.07 bits per heavy atom.